The molecule has 1 aromatic rings. The fraction of sp³-hybridized carbons (Fsp3) is 0.750. The number of amides is 1. The molecular formula is C16H25N3O4. The van der Waals surface area contributed by atoms with Crippen LogP contribution in [-0.4, -0.2) is 63.7 Å². The van der Waals surface area contributed by atoms with E-state index in [1.165, 1.54) is 4.90 Å². The van der Waals surface area contributed by atoms with E-state index in [-0.39, 0.29) is 12.5 Å². The van der Waals surface area contributed by atoms with E-state index in [1.54, 1.807) is 0 Å². The molecule has 2 saturated heterocycles. The van der Waals surface area contributed by atoms with E-state index in [0.29, 0.717) is 25.6 Å². The minimum Gasteiger partial charge on any atom is -0.465 e. The smallest absolute Gasteiger partial charge is 0.407 e. The number of hydrogen-bond acceptors (Lipinski definition) is 4. The second kappa shape index (κ2) is 7.31. The van der Waals surface area contributed by atoms with Crippen molar-refractivity contribution in [1.29, 1.82) is 0 Å². The van der Waals surface area contributed by atoms with Gasteiger partial charge in [-0.05, 0) is 25.7 Å². The van der Waals surface area contributed by atoms with Crippen LogP contribution in [-0.2, 0) is 11.3 Å². The zero-order chi connectivity index (χ0) is 16.2. The summed E-state index contributed by atoms with van der Waals surface area (Å²) in [6.45, 7) is 3.31. The van der Waals surface area contributed by atoms with Gasteiger partial charge in [0.15, 0.2) is 0 Å². The highest BCUT2D eigenvalue weighted by Gasteiger charge is 2.28. The fourth-order valence-electron chi connectivity index (χ4n) is 3.58. The van der Waals surface area contributed by atoms with Crippen molar-refractivity contribution in [1.82, 2.24) is 14.5 Å². The van der Waals surface area contributed by atoms with Gasteiger partial charge in [-0.15, -0.1) is 0 Å². The Labute approximate surface area is 135 Å². The molecule has 2 aliphatic heterocycles. The van der Waals surface area contributed by atoms with Gasteiger partial charge in [0.2, 0.25) is 0 Å². The molecule has 2 aliphatic rings. The van der Waals surface area contributed by atoms with E-state index in [4.69, 9.17) is 14.8 Å². The maximum absolute atomic E-state index is 11.0. The summed E-state index contributed by atoms with van der Waals surface area (Å²) in [5.74, 6) is 1.71. The molecule has 0 unspecified atom stereocenters. The number of carboxylic acid groups (broad SMARTS) is 1. The van der Waals surface area contributed by atoms with Gasteiger partial charge < -0.3 is 24.4 Å². The molecule has 0 aromatic carbocycles. The lowest BCUT2D eigenvalue weighted by molar-refractivity contribution is 0.0845. The monoisotopic (exact) mass is 323 g/mol. The summed E-state index contributed by atoms with van der Waals surface area (Å²) in [6, 6.07) is 0. The SMILES string of the molecule is O=C(O)N1CCC(c2nc(C3CCOCC3)cn2CCO)CC1. The predicted octanol–water partition coefficient (Wildman–Crippen LogP) is 1.63. The van der Waals surface area contributed by atoms with Crippen LogP contribution < -0.4 is 0 Å². The number of imidazole rings is 1. The summed E-state index contributed by atoms with van der Waals surface area (Å²) in [4.78, 5) is 17.4. The van der Waals surface area contributed by atoms with Crippen LogP contribution in [0.5, 0.6) is 0 Å². The summed E-state index contributed by atoms with van der Waals surface area (Å²) >= 11 is 0. The Morgan fingerprint density at radius 3 is 2.52 bits per heavy atom. The molecule has 0 atom stereocenters. The number of rotatable bonds is 4. The maximum Gasteiger partial charge on any atom is 0.407 e. The first-order valence-corrected chi connectivity index (χ1v) is 8.42. The molecule has 0 radical (unpaired) electrons. The van der Waals surface area contributed by atoms with E-state index in [2.05, 4.69) is 10.8 Å². The lowest BCUT2D eigenvalue weighted by Gasteiger charge is -2.29. The Morgan fingerprint density at radius 1 is 1.22 bits per heavy atom. The molecule has 7 nitrogen and oxygen atoms in total. The number of aliphatic hydroxyl groups is 1. The summed E-state index contributed by atoms with van der Waals surface area (Å²) < 4.78 is 7.48. The van der Waals surface area contributed by atoms with Gasteiger partial charge in [0.1, 0.15) is 5.82 Å². The molecule has 3 heterocycles. The Bertz CT molecular complexity index is 531. The van der Waals surface area contributed by atoms with Crippen LogP contribution in [0.25, 0.3) is 0 Å². The van der Waals surface area contributed by atoms with Gasteiger partial charge in [-0.3, -0.25) is 0 Å². The van der Waals surface area contributed by atoms with Crippen LogP contribution in [0.3, 0.4) is 0 Å². The predicted molar refractivity (Wildman–Crippen MR) is 83.7 cm³/mol. The first kappa shape index (κ1) is 16.3. The molecule has 23 heavy (non-hydrogen) atoms. The number of ether oxygens (including phenoxy) is 1. The van der Waals surface area contributed by atoms with E-state index >= 15 is 0 Å². The second-order valence-corrected chi connectivity index (χ2v) is 6.37. The van der Waals surface area contributed by atoms with Gasteiger partial charge >= 0.3 is 6.09 Å². The zero-order valence-corrected chi connectivity index (χ0v) is 13.4. The number of piperidine rings is 1. The molecule has 0 saturated carbocycles. The zero-order valence-electron chi connectivity index (χ0n) is 13.4. The molecule has 0 aliphatic carbocycles. The Hall–Kier alpha value is -1.60. The first-order chi connectivity index (χ1) is 11.2. The number of likely N-dealkylation sites (tertiary alicyclic amines) is 1. The molecule has 128 valence electrons. The summed E-state index contributed by atoms with van der Waals surface area (Å²) in [5.41, 5.74) is 1.09. The van der Waals surface area contributed by atoms with Crippen molar-refractivity contribution >= 4 is 6.09 Å². The first-order valence-electron chi connectivity index (χ1n) is 8.42. The van der Waals surface area contributed by atoms with E-state index < -0.39 is 6.09 Å². The van der Waals surface area contributed by atoms with Crippen molar-refractivity contribution in [3.8, 4) is 0 Å². The number of carbonyl (C=O) groups is 1. The van der Waals surface area contributed by atoms with Crippen molar-refractivity contribution in [2.75, 3.05) is 32.9 Å². The van der Waals surface area contributed by atoms with Gasteiger partial charge in [0.05, 0.1) is 12.3 Å². The van der Waals surface area contributed by atoms with E-state index in [9.17, 15) is 9.90 Å². The standard InChI is InChI=1S/C16H25N3O4/c20-8-7-19-11-14(12-3-9-23-10-4-12)17-15(19)13-1-5-18(6-2-13)16(21)22/h11-13,20H,1-10H2,(H,21,22). The van der Waals surface area contributed by atoms with E-state index in [1.807, 2.05) is 0 Å². The van der Waals surface area contributed by atoms with Gasteiger partial charge in [0, 0.05) is 50.9 Å². The molecule has 0 bridgehead atoms. The lowest BCUT2D eigenvalue weighted by Crippen LogP contribution is -2.37. The van der Waals surface area contributed by atoms with Gasteiger partial charge in [0.25, 0.3) is 0 Å². The topological polar surface area (TPSA) is 87.8 Å². The molecule has 1 amide bonds. The molecule has 0 spiro atoms. The van der Waals surface area contributed by atoms with E-state index in [0.717, 1.165) is 50.4 Å². The molecule has 1 aromatic heterocycles. The molecular weight excluding hydrogens is 298 g/mol. The minimum atomic E-state index is -0.843. The molecule has 2 fully saturated rings. The minimum absolute atomic E-state index is 0.0878. The summed E-state index contributed by atoms with van der Waals surface area (Å²) in [5, 5.41) is 18.4. The molecule has 7 heteroatoms. The molecule has 2 N–H and O–H groups in total. The highest BCUT2D eigenvalue weighted by molar-refractivity contribution is 5.65. The third-order valence-electron chi connectivity index (χ3n) is 4.94. The van der Waals surface area contributed by atoms with Gasteiger partial charge in [-0.1, -0.05) is 0 Å². The van der Waals surface area contributed by atoms with Crippen LogP contribution >= 0.6 is 0 Å². The summed E-state index contributed by atoms with van der Waals surface area (Å²) in [6.07, 6.45) is 4.81. The number of nitrogens with zero attached hydrogens (tertiary/aromatic N) is 3. The average Bonchev–Trinajstić information content (AvgIpc) is 3.00. The third-order valence-corrected chi connectivity index (χ3v) is 4.94. The number of aliphatic hydroxyl groups excluding tert-OH is 1. The molecule has 3 rings (SSSR count). The number of hydrogen-bond donors (Lipinski definition) is 2. The van der Waals surface area contributed by atoms with Gasteiger partial charge in [-0.2, -0.15) is 0 Å². The lowest BCUT2D eigenvalue weighted by atomic mass is 9.95. The van der Waals surface area contributed by atoms with Crippen LogP contribution in [0.1, 0.15) is 49.0 Å². The van der Waals surface area contributed by atoms with Crippen LogP contribution in [0.15, 0.2) is 6.20 Å². The quantitative estimate of drug-likeness (QED) is 0.879. The van der Waals surface area contributed by atoms with Crippen molar-refractivity contribution in [2.24, 2.45) is 0 Å². The highest BCUT2D eigenvalue weighted by atomic mass is 16.5. The highest BCUT2D eigenvalue weighted by Crippen LogP contribution is 2.31. The maximum atomic E-state index is 11.0. The Morgan fingerprint density at radius 2 is 1.91 bits per heavy atom. The van der Waals surface area contributed by atoms with Crippen molar-refractivity contribution in [2.45, 2.75) is 44.1 Å². The third kappa shape index (κ3) is 3.67. The van der Waals surface area contributed by atoms with Crippen LogP contribution in [0, 0.1) is 0 Å². The second-order valence-electron chi connectivity index (χ2n) is 6.37. The number of aromatic nitrogens is 2. The fourth-order valence-corrected chi connectivity index (χ4v) is 3.58. The Balaban J connectivity index is 1.74. The van der Waals surface area contributed by atoms with Crippen molar-refractivity contribution in [3.63, 3.8) is 0 Å². The largest absolute Gasteiger partial charge is 0.465 e. The van der Waals surface area contributed by atoms with Crippen LogP contribution in [0.2, 0.25) is 0 Å². The van der Waals surface area contributed by atoms with Crippen molar-refractivity contribution in [3.05, 3.63) is 17.7 Å². The van der Waals surface area contributed by atoms with Crippen LogP contribution in [0.4, 0.5) is 4.79 Å². The van der Waals surface area contributed by atoms with Crippen molar-refractivity contribution < 1.29 is 19.7 Å². The van der Waals surface area contributed by atoms with Gasteiger partial charge in [-0.25, -0.2) is 9.78 Å². The summed E-state index contributed by atoms with van der Waals surface area (Å²) in [7, 11) is 0. The Kier molecular flexibility index (Phi) is 5.17. The average molecular weight is 323 g/mol. The normalized spacial score (nSPS) is 20.8.